The molecule has 0 bridgehead atoms. The van der Waals surface area contributed by atoms with Gasteiger partial charge in [0, 0.05) is 27.1 Å². The van der Waals surface area contributed by atoms with Crippen molar-refractivity contribution in [3.05, 3.63) is 51.7 Å². The molecule has 1 heterocycles. The van der Waals surface area contributed by atoms with E-state index in [1.807, 2.05) is 11.3 Å². The average molecular weight is 306 g/mol. The highest BCUT2D eigenvalue weighted by Crippen LogP contribution is 2.25. The van der Waals surface area contributed by atoms with Gasteiger partial charge in [0.15, 0.2) is 0 Å². The van der Waals surface area contributed by atoms with Crippen molar-refractivity contribution in [1.29, 1.82) is 0 Å². The van der Waals surface area contributed by atoms with Gasteiger partial charge in [-0.05, 0) is 49.1 Å². The first kappa shape index (κ1) is 15.6. The van der Waals surface area contributed by atoms with Gasteiger partial charge in [-0.15, -0.1) is 23.1 Å². The van der Waals surface area contributed by atoms with Crippen molar-refractivity contribution in [3.8, 4) is 0 Å². The molecule has 0 aliphatic carbocycles. The van der Waals surface area contributed by atoms with Crippen LogP contribution in [0.4, 0.5) is 0 Å². The molecule has 1 N–H and O–H groups in total. The number of rotatable bonds is 7. The lowest BCUT2D eigenvalue weighted by molar-refractivity contribution is 0.553. The van der Waals surface area contributed by atoms with Gasteiger partial charge in [-0.25, -0.2) is 0 Å². The molecule has 0 fully saturated rings. The molecule has 0 aliphatic heterocycles. The summed E-state index contributed by atoms with van der Waals surface area (Å²) >= 11 is 3.74. The normalized spacial score (nSPS) is 12.6. The molecule has 108 valence electrons. The molecular weight excluding hydrogens is 282 g/mol. The molecule has 0 saturated carbocycles. The number of nitrogens with one attached hydrogen (secondary N) is 1. The van der Waals surface area contributed by atoms with Crippen molar-refractivity contribution in [2.24, 2.45) is 0 Å². The van der Waals surface area contributed by atoms with Crippen LogP contribution < -0.4 is 5.32 Å². The lowest BCUT2D eigenvalue weighted by Gasteiger charge is -2.18. The Morgan fingerprint density at radius 2 is 1.75 bits per heavy atom. The van der Waals surface area contributed by atoms with E-state index in [4.69, 9.17) is 0 Å². The van der Waals surface area contributed by atoms with Crippen LogP contribution in [0, 0.1) is 0 Å². The number of hydrogen-bond acceptors (Lipinski definition) is 3. The number of hydrogen-bond donors (Lipinski definition) is 1. The van der Waals surface area contributed by atoms with Crippen LogP contribution in [0.25, 0.3) is 0 Å². The monoisotopic (exact) mass is 305 g/mol. The highest BCUT2D eigenvalue weighted by Gasteiger charge is 2.12. The minimum Gasteiger partial charge on any atom is -0.310 e. The van der Waals surface area contributed by atoms with Crippen molar-refractivity contribution >= 4 is 23.1 Å². The highest BCUT2D eigenvalue weighted by molar-refractivity contribution is 7.98. The molecule has 1 nitrogen and oxygen atoms in total. The van der Waals surface area contributed by atoms with E-state index in [1.165, 1.54) is 20.2 Å². The van der Waals surface area contributed by atoms with Gasteiger partial charge >= 0.3 is 0 Å². The Labute approximate surface area is 130 Å². The Morgan fingerprint density at radius 3 is 2.30 bits per heavy atom. The van der Waals surface area contributed by atoms with Crippen LogP contribution in [0.3, 0.4) is 0 Å². The molecule has 3 heteroatoms. The van der Waals surface area contributed by atoms with Crippen LogP contribution in [-0.2, 0) is 12.8 Å². The molecule has 2 rings (SSSR count). The van der Waals surface area contributed by atoms with Crippen LogP contribution >= 0.6 is 23.1 Å². The van der Waals surface area contributed by atoms with E-state index in [0.29, 0.717) is 6.04 Å². The second-order valence-electron chi connectivity index (χ2n) is 4.81. The minimum absolute atomic E-state index is 0.416. The lowest BCUT2D eigenvalue weighted by Crippen LogP contribution is -2.22. The first-order valence-corrected chi connectivity index (χ1v) is 9.25. The zero-order valence-corrected chi connectivity index (χ0v) is 14.1. The van der Waals surface area contributed by atoms with E-state index in [1.54, 1.807) is 11.8 Å². The van der Waals surface area contributed by atoms with Gasteiger partial charge in [0.1, 0.15) is 0 Å². The second-order valence-corrected chi connectivity index (χ2v) is 6.94. The van der Waals surface area contributed by atoms with Crippen LogP contribution in [0.1, 0.15) is 35.2 Å². The fraction of sp³-hybridized carbons (Fsp3) is 0.412. The third-order valence-electron chi connectivity index (χ3n) is 3.44. The van der Waals surface area contributed by atoms with Gasteiger partial charge in [-0.3, -0.25) is 0 Å². The summed E-state index contributed by atoms with van der Waals surface area (Å²) in [4.78, 5) is 4.28. The molecule has 1 aromatic heterocycles. The quantitative estimate of drug-likeness (QED) is 0.728. The SMILES string of the molecule is CCNC(Cc1ccc(CC)s1)c1ccc(SC)cc1. The number of thiophene rings is 1. The van der Waals surface area contributed by atoms with Gasteiger partial charge in [-0.1, -0.05) is 26.0 Å². The van der Waals surface area contributed by atoms with Crippen LogP contribution in [-0.4, -0.2) is 12.8 Å². The molecule has 2 aromatic rings. The van der Waals surface area contributed by atoms with Crippen LogP contribution in [0.5, 0.6) is 0 Å². The zero-order valence-electron chi connectivity index (χ0n) is 12.5. The predicted molar refractivity (Wildman–Crippen MR) is 92.0 cm³/mol. The molecular formula is C17H23NS2. The van der Waals surface area contributed by atoms with Crippen molar-refractivity contribution < 1.29 is 0 Å². The van der Waals surface area contributed by atoms with E-state index in [9.17, 15) is 0 Å². The maximum atomic E-state index is 3.61. The largest absolute Gasteiger partial charge is 0.310 e. The Balaban J connectivity index is 2.12. The standard InChI is InChI=1S/C17H23NS2/c1-4-14-10-11-16(20-14)12-17(18-5-2)13-6-8-15(19-3)9-7-13/h6-11,17-18H,4-5,12H2,1-3H3. The molecule has 20 heavy (non-hydrogen) atoms. The fourth-order valence-corrected chi connectivity index (χ4v) is 3.73. The molecule has 0 spiro atoms. The first-order valence-electron chi connectivity index (χ1n) is 7.21. The number of thioether (sulfide) groups is 1. The fourth-order valence-electron chi connectivity index (χ4n) is 2.31. The average Bonchev–Trinajstić information content (AvgIpc) is 2.95. The van der Waals surface area contributed by atoms with Crippen molar-refractivity contribution in [2.75, 3.05) is 12.8 Å². The van der Waals surface area contributed by atoms with Crippen molar-refractivity contribution in [3.63, 3.8) is 0 Å². The topological polar surface area (TPSA) is 12.0 Å². The van der Waals surface area contributed by atoms with Gasteiger partial charge in [0.05, 0.1) is 0 Å². The summed E-state index contributed by atoms with van der Waals surface area (Å²) < 4.78 is 0. The van der Waals surface area contributed by atoms with Crippen LogP contribution in [0.15, 0.2) is 41.3 Å². The molecule has 0 amide bonds. The van der Waals surface area contributed by atoms with Gasteiger partial charge in [0.25, 0.3) is 0 Å². The highest BCUT2D eigenvalue weighted by atomic mass is 32.2. The zero-order chi connectivity index (χ0) is 14.4. The van der Waals surface area contributed by atoms with E-state index in [-0.39, 0.29) is 0 Å². The maximum absolute atomic E-state index is 3.61. The first-order chi connectivity index (χ1) is 9.76. The summed E-state index contributed by atoms with van der Waals surface area (Å²) in [5.41, 5.74) is 1.39. The van der Waals surface area contributed by atoms with E-state index in [2.05, 4.69) is 61.8 Å². The summed E-state index contributed by atoms with van der Waals surface area (Å²) in [6.45, 7) is 5.40. The third-order valence-corrected chi connectivity index (χ3v) is 5.44. The number of benzene rings is 1. The smallest absolute Gasteiger partial charge is 0.0368 e. The molecule has 1 aromatic carbocycles. The Kier molecular flexibility index (Phi) is 6.14. The van der Waals surface area contributed by atoms with Crippen molar-refractivity contribution in [1.82, 2.24) is 5.32 Å². The van der Waals surface area contributed by atoms with Crippen molar-refractivity contribution in [2.45, 2.75) is 37.6 Å². The third kappa shape index (κ3) is 4.11. The minimum atomic E-state index is 0.416. The summed E-state index contributed by atoms with van der Waals surface area (Å²) in [5, 5.41) is 3.61. The van der Waals surface area contributed by atoms with E-state index < -0.39 is 0 Å². The van der Waals surface area contributed by atoms with Gasteiger partial charge < -0.3 is 5.32 Å². The maximum Gasteiger partial charge on any atom is 0.0368 e. The van der Waals surface area contributed by atoms with Crippen LogP contribution in [0.2, 0.25) is 0 Å². The molecule has 1 atom stereocenters. The predicted octanol–water partition coefficient (Wildman–Crippen LogP) is 4.93. The number of likely N-dealkylation sites (N-methyl/N-ethyl adjacent to an activating group) is 1. The van der Waals surface area contributed by atoms with E-state index >= 15 is 0 Å². The molecule has 1 unspecified atom stereocenters. The molecule has 0 aliphatic rings. The van der Waals surface area contributed by atoms with E-state index in [0.717, 1.165) is 19.4 Å². The Morgan fingerprint density at radius 1 is 1.05 bits per heavy atom. The summed E-state index contributed by atoms with van der Waals surface area (Å²) in [7, 11) is 0. The Bertz CT molecular complexity index is 516. The molecule has 0 saturated heterocycles. The summed E-state index contributed by atoms with van der Waals surface area (Å²) in [6, 6.07) is 13.9. The van der Waals surface area contributed by atoms with Gasteiger partial charge in [-0.2, -0.15) is 0 Å². The number of aryl methyl sites for hydroxylation is 1. The second kappa shape index (κ2) is 7.87. The lowest BCUT2D eigenvalue weighted by atomic mass is 10.0. The Hall–Kier alpha value is -0.770. The van der Waals surface area contributed by atoms with Gasteiger partial charge in [0.2, 0.25) is 0 Å². The summed E-state index contributed by atoms with van der Waals surface area (Å²) in [6.07, 6.45) is 4.34. The molecule has 0 radical (unpaired) electrons. The summed E-state index contributed by atoms with van der Waals surface area (Å²) in [5.74, 6) is 0.